The minimum absolute atomic E-state index is 0.0331. The molecule has 1 N–H and O–H groups in total. The third-order valence-corrected chi connectivity index (χ3v) is 7.72. The van der Waals surface area contributed by atoms with Crippen molar-refractivity contribution < 1.29 is 28.5 Å². The number of hydrogen-bond acceptors (Lipinski definition) is 7. The van der Waals surface area contributed by atoms with Gasteiger partial charge in [-0.3, -0.25) is 4.79 Å². The van der Waals surface area contributed by atoms with Crippen molar-refractivity contribution in [1.82, 2.24) is 5.32 Å². The summed E-state index contributed by atoms with van der Waals surface area (Å²) in [6.07, 6.45) is 3.59. The Kier molecular flexibility index (Phi) is 8.42. The van der Waals surface area contributed by atoms with Crippen LogP contribution < -0.4 is 15.0 Å². The number of ether oxygens (including phenoxy) is 4. The SMILES string of the molecule is COCCOCCNC(=O)OCCN1c2ccccc2C(C)(C)C12C=Cc1cc(C(=O)c3ccccc3)ccc1O2. The Morgan fingerprint density at radius 3 is 2.49 bits per heavy atom. The van der Waals surface area contributed by atoms with Gasteiger partial charge in [0.25, 0.3) is 0 Å². The molecule has 1 amide bonds. The van der Waals surface area contributed by atoms with Crippen LogP contribution in [0, 0.1) is 0 Å². The number of ketones is 1. The lowest BCUT2D eigenvalue weighted by molar-refractivity contribution is 0.0486. The van der Waals surface area contributed by atoms with Crippen LogP contribution in [0.25, 0.3) is 6.08 Å². The van der Waals surface area contributed by atoms with Crippen LogP contribution in [-0.2, 0) is 19.6 Å². The highest BCUT2D eigenvalue weighted by Crippen LogP contribution is 2.54. The number of nitrogens with zero attached hydrogens (tertiary/aromatic N) is 1. The van der Waals surface area contributed by atoms with Crippen LogP contribution in [0.4, 0.5) is 10.5 Å². The molecular formula is C33H36N2O6. The Labute approximate surface area is 240 Å². The average molecular weight is 557 g/mol. The molecule has 1 unspecified atom stereocenters. The first-order chi connectivity index (χ1) is 19.9. The van der Waals surface area contributed by atoms with Gasteiger partial charge in [-0.15, -0.1) is 0 Å². The molecule has 214 valence electrons. The third-order valence-electron chi connectivity index (χ3n) is 7.72. The van der Waals surface area contributed by atoms with Crippen LogP contribution in [0.5, 0.6) is 5.75 Å². The quantitative estimate of drug-likeness (QED) is 0.256. The number of hydrogen-bond donors (Lipinski definition) is 1. The first-order valence-electron chi connectivity index (χ1n) is 13.8. The van der Waals surface area contributed by atoms with E-state index in [0.717, 1.165) is 16.8 Å². The zero-order chi connectivity index (χ0) is 28.9. The van der Waals surface area contributed by atoms with Crippen molar-refractivity contribution in [2.24, 2.45) is 0 Å². The Balaban J connectivity index is 1.32. The highest BCUT2D eigenvalue weighted by Gasteiger charge is 2.58. The number of alkyl carbamates (subject to hydrolysis) is 1. The van der Waals surface area contributed by atoms with E-state index < -0.39 is 17.2 Å². The molecule has 0 aliphatic carbocycles. The van der Waals surface area contributed by atoms with Crippen molar-refractivity contribution in [1.29, 1.82) is 0 Å². The zero-order valence-electron chi connectivity index (χ0n) is 23.7. The Morgan fingerprint density at radius 1 is 0.902 bits per heavy atom. The van der Waals surface area contributed by atoms with Gasteiger partial charge in [0.1, 0.15) is 12.4 Å². The maximum absolute atomic E-state index is 13.1. The minimum Gasteiger partial charge on any atom is -0.463 e. The lowest BCUT2D eigenvalue weighted by Crippen LogP contribution is -2.60. The molecule has 0 saturated carbocycles. The Morgan fingerprint density at radius 2 is 1.68 bits per heavy atom. The van der Waals surface area contributed by atoms with Gasteiger partial charge < -0.3 is 29.2 Å². The van der Waals surface area contributed by atoms with Crippen LogP contribution >= 0.6 is 0 Å². The lowest BCUT2D eigenvalue weighted by atomic mass is 9.76. The summed E-state index contributed by atoms with van der Waals surface area (Å²) < 4.78 is 22.7. The highest BCUT2D eigenvalue weighted by molar-refractivity contribution is 6.09. The molecular weight excluding hydrogens is 520 g/mol. The van der Waals surface area contributed by atoms with Crippen molar-refractivity contribution in [2.45, 2.75) is 25.0 Å². The summed E-state index contributed by atoms with van der Waals surface area (Å²) in [6, 6.07) is 23.0. The van der Waals surface area contributed by atoms with E-state index in [1.54, 1.807) is 7.11 Å². The van der Waals surface area contributed by atoms with Crippen molar-refractivity contribution >= 4 is 23.6 Å². The fourth-order valence-corrected chi connectivity index (χ4v) is 5.54. The van der Waals surface area contributed by atoms with E-state index in [1.807, 2.05) is 66.7 Å². The standard InChI is InChI=1S/C33H36N2O6/c1-32(2)27-11-7-8-12-28(27)35(18-20-40-31(37)34-17-19-39-22-21-38-3)33(32)16-15-25-23-26(13-14-29(25)41-33)30(36)24-9-5-4-6-10-24/h4-16,23H,17-22H2,1-3H3,(H,34,37). The molecule has 8 nitrogen and oxygen atoms in total. The fraction of sp³-hybridized carbons (Fsp3) is 0.333. The second kappa shape index (κ2) is 12.2. The summed E-state index contributed by atoms with van der Waals surface area (Å²) in [4.78, 5) is 27.5. The van der Waals surface area contributed by atoms with Gasteiger partial charge in [0.15, 0.2) is 5.78 Å². The maximum atomic E-state index is 13.1. The van der Waals surface area contributed by atoms with Crippen LogP contribution in [0.15, 0.2) is 78.9 Å². The van der Waals surface area contributed by atoms with E-state index in [2.05, 4.69) is 42.3 Å². The second-order valence-electron chi connectivity index (χ2n) is 10.5. The molecule has 8 heteroatoms. The number of carbonyl (C=O) groups is 2. The number of fused-ring (bicyclic) bond motifs is 2. The van der Waals surface area contributed by atoms with Crippen LogP contribution in [-0.4, -0.2) is 64.2 Å². The van der Waals surface area contributed by atoms with Crippen molar-refractivity contribution in [3.63, 3.8) is 0 Å². The predicted octanol–water partition coefficient (Wildman–Crippen LogP) is 5.21. The van der Waals surface area contributed by atoms with Gasteiger partial charge in [-0.05, 0) is 55.8 Å². The molecule has 1 spiro atoms. The largest absolute Gasteiger partial charge is 0.463 e. The number of methoxy groups -OCH3 is 1. The fourth-order valence-electron chi connectivity index (χ4n) is 5.54. The number of anilines is 1. The molecule has 1 atom stereocenters. The molecule has 3 aromatic carbocycles. The second-order valence-corrected chi connectivity index (χ2v) is 10.5. The first-order valence-corrected chi connectivity index (χ1v) is 13.8. The molecule has 0 bridgehead atoms. The number of amides is 1. The molecule has 3 aromatic rings. The normalized spacial score (nSPS) is 18.0. The Bertz CT molecular complexity index is 1420. The number of carbonyl (C=O) groups excluding carboxylic acids is 2. The molecule has 0 aromatic heterocycles. The van der Waals surface area contributed by atoms with E-state index in [9.17, 15) is 9.59 Å². The van der Waals surface area contributed by atoms with Gasteiger partial charge in [-0.2, -0.15) is 0 Å². The van der Waals surface area contributed by atoms with Crippen molar-refractivity contribution in [2.75, 3.05) is 51.5 Å². The first kappa shape index (κ1) is 28.4. The van der Waals surface area contributed by atoms with E-state index in [-0.39, 0.29) is 12.4 Å². The van der Waals surface area contributed by atoms with Gasteiger partial charge in [0.05, 0.1) is 31.8 Å². The van der Waals surface area contributed by atoms with Gasteiger partial charge in [-0.25, -0.2) is 4.79 Å². The van der Waals surface area contributed by atoms with E-state index in [4.69, 9.17) is 18.9 Å². The Hall–Kier alpha value is -4.14. The zero-order valence-corrected chi connectivity index (χ0v) is 23.7. The van der Waals surface area contributed by atoms with Crippen LogP contribution in [0.1, 0.15) is 40.9 Å². The summed E-state index contributed by atoms with van der Waals surface area (Å²) in [5.41, 5.74) is 2.97. The average Bonchev–Trinajstić information content (AvgIpc) is 3.17. The molecule has 0 saturated heterocycles. The number of benzene rings is 3. The summed E-state index contributed by atoms with van der Waals surface area (Å²) in [7, 11) is 1.61. The smallest absolute Gasteiger partial charge is 0.407 e. The molecule has 2 aliphatic heterocycles. The summed E-state index contributed by atoms with van der Waals surface area (Å²) in [5, 5.41) is 2.71. The van der Waals surface area contributed by atoms with Crippen molar-refractivity contribution in [3.8, 4) is 5.75 Å². The molecule has 0 fully saturated rings. The summed E-state index contributed by atoms with van der Waals surface area (Å²) in [5.74, 6) is 0.657. The van der Waals surface area contributed by atoms with Crippen LogP contribution in [0.2, 0.25) is 0 Å². The van der Waals surface area contributed by atoms with Gasteiger partial charge in [0, 0.05) is 36.0 Å². The molecule has 2 heterocycles. The maximum Gasteiger partial charge on any atom is 0.407 e. The van der Waals surface area contributed by atoms with Crippen molar-refractivity contribution in [3.05, 3.63) is 101 Å². The highest BCUT2D eigenvalue weighted by atomic mass is 16.6. The number of rotatable bonds is 11. The monoisotopic (exact) mass is 556 g/mol. The predicted molar refractivity (Wildman–Crippen MR) is 158 cm³/mol. The topological polar surface area (TPSA) is 86.3 Å². The van der Waals surface area contributed by atoms with Gasteiger partial charge in [-0.1, -0.05) is 48.5 Å². The summed E-state index contributed by atoms with van der Waals surface area (Å²) >= 11 is 0. The summed E-state index contributed by atoms with van der Waals surface area (Å²) in [6.45, 7) is 6.61. The van der Waals surface area contributed by atoms with E-state index in [0.29, 0.717) is 49.8 Å². The van der Waals surface area contributed by atoms with Gasteiger partial charge >= 0.3 is 6.09 Å². The molecule has 5 rings (SSSR count). The minimum atomic E-state index is -0.857. The molecule has 2 aliphatic rings. The lowest BCUT2D eigenvalue weighted by Gasteiger charge is -2.47. The van der Waals surface area contributed by atoms with Gasteiger partial charge in [0.2, 0.25) is 5.72 Å². The number of para-hydroxylation sites is 1. The van der Waals surface area contributed by atoms with E-state index in [1.165, 1.54) is 0 Å². The number of nitrogens with one attached hydrogen (secondary N) is 1. The molecule has 41 heavy (non-hydrogen) atoms. The molecule has 0 radical (unpaired) electrons. The van der Waals surface area contributed by atoms with E-state index >= 15 is 0 Å². The third kappa shape index (κ3) is 5.58. The van der Waals surface area contributed by atoms with Crippen LogP contribution in [0.3, 0.4) is 0 Å².